The molecule has 0 aromatic rings. The molecule has 0 amide bonds. The van der Waals surface area contributed by atoms with Crippen LogP contribution in [0.2, 0.25) is 0 Å². The molecule has 4 atom stereocenters. The highest BCUT2D eigenvalue weighted by molar-refractivity contribution is 5.84. The van der Waals surface area contributed by atoms with Crippen LogP contribution in [0, 0.1) is 17.3 Å². The van der Waals surface area contributed by atoms with Crippen molar-refractivity contribution in [2.75, 3.05) is 7.11 Å². The van der Waals surface area contributed by atoms with Crippen LogP contribution in [0.15, 0.2) is 12.2 Å². The third-order valence-electron chi connectivity index (χ3n) is 6.69. The van der Waals surface area contributed by atoms with Crippen molar-refractivity contribution in [2.24, 2.45) is 17.3 Å². The highest BCUT2D eigenvalue weighted by Gasteiger charge is 2.41. The molecule has 0 radical (unpaired) electrons. The molecule has 2 rings (SSSR count). The molecule has 0 aliphatic heterocycles. The highest BCUT2D eigenvalue weighted by Crippen LogP contribution is 2.45. The number of carbonyl (C=O) groups excluding carboxylic acids is 2. The Morgan fingerprint density at radius 2 is 1.84 bits per heavy atom. The second-order valence-electron chi connectivity index (χ2n) is 8.64. The minimum Gasteiger partial charge on any atom is -0.469 e. The molecule has 5 heteroatoms. The first-order valence-corrected chi connectivity index (χ1v) is 12.5. The summed E-state index contributed by atoms with van der Waals surface area (Å²) in [7, 11) is 1.39. The number of allylic oxidation sites excluding steroid dienone is 2. The van der Waals surface area contributed by atoms with Crippen LogP contribution < -0.4 is 0 Å². The first-order valence-electron chi connectivity index (χ1n) is 12.5. The zero-order valence-corrected chi connectivity index (χ0v) is 20.9. The van der Waals surface area contributed by atoms with Gasteiger partial charge in [-0.05, 0) is 56.3 Å². The van der Waals surface area contributed by atoms with Crippen LogP contribution in [0.4, 0.5) is 0 Å². The van der Waals surface area contributed by atoms with Crippen LogP contribution in [0.5, 0.6) is 0 Å². The van der Waals surface area contributed by atoms with E-state index in [-0.39, 0.29) is 41.5 Å². The number of ketones is 1. The number of hydrogen-bond donors (Lipinski definition) is 2. The summed E-state index contributed by atoms with van der Waals surface area (Å²) in [6.45, 7) is 10.2. The summed E-state index contributed by atoms with van der Waals surface area (Å²) >= 11 is 0. The van der Waals surface area contributed by atoms with E-state index in [1.807, 2.05) is 39.8 Å². The number of aliphatic hydroxyl groups excluding tert-OH is 2. The van der Waals surface area contributed by atoms with Crippen molar-refractivity contribution in [1.29, 1.82) is 0 Å². The van der Waals surface area contributed by atoms with E-state index in [0.717, 1.165) is 44.9 Å². The molecular formula is C26H48O5. The average molecular weight is 441 g/mol. The van der Waals surface area contributed by atoms with Gasteiger partial charge in [0.25, 0.3) is 0 Å². The number of methoxy groups -OCH3 is 1. The molecule has 0 heterocycles. The maximum Gasteiger partial charge on any atom is 0.305 e. The van der Waals surface area contributed by atoms with Gasteiger partial charge in [-0.2, -0.15) is 0 Å². The number of carbonyl (C=O) groups is 2. The van der Waals surface area contributed by atoms with Gasteiger partial charge in [-0.1, -0.05) is 59.6 Å². The molecule has 0 aromatic carbocycles. The van der Waals surface area contributed by atoms with E-state index in [1.54, 1.807) is 0 Å². The van der Waals surface area contributed by atoms with Crippen molar-refractivity contribution in [1.82, 2.24) is 0 Å². The predicted molar refractivity (Wildman–Crippen MR) is 127 cm³/mol. The van der Waals surface area contributed by atoms with Crippen LogP contribution in [-0.2, 0) is 14.3 Å². The minimum atomic E-state index is -0.549. The van der Waals surface area contributed by atoms with Crippen LogP contribution in [0.25, 0.3) is 0 Å². The Hall–Kier alpha value is -1.20. The molecule has 2 unspecified atom stereocenters. The van der Waals surface area contributed by atoms with Crippen LogP contribution in [0.1, 0.15) is 105 Å². The van der Waals surface area contributed by atoms with Crippen LogP contribution in [-0.4, -0.2) is 41.3 Å². The van der Waals surface area contributed by atoms with E-state index >= 15 is 0 Å². The van der Waals surface area contributed by atoms with Gasteiger partial charge in [0.2, 0.25) is 0 Å². The molecule has 182 valence electrons. The normalized spacial score (nSPS) is 25.0. The van der Waals surface area contributed by atoms with Gasteiger partial charge < -0.3 is 14.9 Å². The molecule has 2 fully saturated rings. The monoisotopic (exact) mass is 440 g/mol. The number of Topliss-reactive ketones (excluding diaryl/α,β-unsaturated/α-hetero) is 1. The van der Waals surface area contributed by atoms with Gasteiger partial charge in [0.05, 0.1) is 19.3 Å². The van der Waals surface area contributed by atoms with E-state index in [9.17, 15) is 19.8 Å². The molecule has 0 spiro atoms. The van der Waals surface area contributed by atoms with Gasteiger partial charge in [0, 0.05) is 18.8 Å². The number of hydrogen-bond acceptors (Lipinski definition) is 5. The Bertz CT molecular complexity index is 524. The lowest BCUT2D eigenvalue weighted by molar-refractivity contribution is -0.140. The summed E-state index contributed by atoms with van der Waals surface area (Å²) in [6.07, 6.45) is 11.8. The van der Waals surface area contributed by atoms with E-state index in [2.05, 4.69) is 11.7 Å². The largest absolute Gasteiger partial charge is 0.469 e. The molecule has 0 aromatic heterocycles. The summed E-state index contributed by atoms with van der Waals surface area (Å²) in [4.78, 5) is 23.3. The lowest BCUT2D eigenvalue weighted by Crippen LogP contribution is -2.38. The lowest BCUT2D eigenvalue weighted by Gasteiger charge is -2.42. The molecule has 31 heavy (non-hydrogen) atoms. The smallest absolute Gasteiger partial charge is 0.305 e. The third-order valence-corrected chi connectivity index (χ3v) is 6.69. The fourth-order valence-corrected chi connectivity index (χ4v) is 4.51. The van der Waals surface area contributed by atoms with Gasteiger partial charge in [-0.25, -0.2) is 0 Å². The van der Waals surface area contributed by atoms with Crippen molar-refractivity contribution in [3.05, 3.63) is 12.2 Å². The maximum atomic E-state index is 12.3. The Balaban J connectivity index is 0.00000212. The van der Waals surface area contributed by atoms with E-state index in [4.69, 9.17) is 0 Å². The quantitative estimate of drug-likeness (QED) is 0.248. The Morgan fingerprint density at radius 3 is 2.39 bits per heavy atom. The molecule has 2 N–H and O–H groups in total. The predicted octanol–water partition coefficient (Wildman–Crippen LogP) is 5.62. The second-order valence-corrected chi connectivity index (χ2v) is 8.64. The standard InChI is InChI=1S/C22H36O5.2C2H6/c1-22(13-8-14-22)20(25)11-7-10-17-16(18(23)15-19(17)24)9-5-3-4-6-12-21(26)27-2;2*1-2/h3,5,16-17,19-20,24-25H,4,6-15H2,1-2H3;2*1-2H3/b5-3-;;/t16-,17-,19?,20?;;/m1../s1. The van der Waals surface area contributed by atoms with Gasteiger partial charge >= 0.3 is 5.97 Å². The zero-order valence-electron chi connectivity index (χ0n) is 20.9. The van der Waals surface area contributed by atoms with E-state index < -0.39 is 6.10 Å². The van der Waals surface area contributed by atoms with Gasteiger partial charge in [0.1, 0.15) is 5.78 Å². The molecule has 0 saturated heterocycles. The lowest BCUT2D eigenvalue weighted by atomic mass is 9.65. The number of esters is 1. The van der Waals surface area contributed by atoms with Crippen molar-refractivity contribution in [2.45, 2.75) is 117 Å². The third kappa shape index (κ3) is 9.86. The summed E-state index contributed by atoms with van der Waals surface area (Å²) < 4.78 is 4.61. The molecular weight excluding hydrogens is 392 g/mol. The van der Waals surface area contributed by atoms with Crippen molar-refractivity contribution >= 4 is 11.8 Å². The van der Waals surface area contributed by atoms with Crippen LogP contribution >= 0.6 is 0 Å². The fraction of sp³-hybridized carbons (Fsp3) is 0.846. The molecule has 5 nitrogen and oxygen atoms in total. The van der Waals surface area contributed by atoms with Gasteiger partial charge in [0.15, 0.2) is 0 Å². The first-order chi connectivity index (χ1) is 14.9. The number of unbranched alkanes of at least 4 members (excludes halogenated alkanes) is 1. The summed E-state index contributed by atoms with van der Waals surface area (Å²) in [5.74, 6) is -0.166. The Morgan fingerprint density at radius 1 is 1.19 bits per heavy atom. The summed E-state index contributed by atoms with van der Waals surface area (Å²) in [5, 5.41) is 20.7. The van der Waals surface area contributed by atoms with E-state index in [1.165, 1.54) is 13.5 Å². The van der Waals surface area contributed by atoms with Crippen molar-refractivity contribution in [3.63, 3.8) is 0 Å². The van der Waals surface area contributed by atoms with Gasteiger partial charge in [-0.3, -0.25) is 9.59 Å². The van der Waals surface area contributed by atoms with E-state index in [0.29, 0.717) is 12.8 Å². The fourth-order valence-electron chi connectivity index (χ4n) is 4.51. The SMILES string of the molecule is CC.CC.COC(=O)CCC/C=C\C[C@H]1C(=O)CC(O)[C@@H]1CCCC(O)C1(C)CCC1. The Kier molecular flexibility index (Phi) is 15.8. The van der Waals surface area contributed by atoms with Gasteiger partial charge in [-0.15, -0.1) is 0 Å². The minimum absolute atomic E-state index is 0.00128. The average Bonchev–Trinajstić information content (AvgIpc) is 3.03. The van der Waals surface area contributed by atoms with Crippen molar-refractivity contribution in [3.8, 4) is 0 Å². The first kappa shape index (κ1) is 29.8. The Labute approximate surface area is 190 Å². The zero-order chi connectivity index (χ0) is 23.9. The molecule has 2 saturated carbocycles. The number of ether oxygens (including phenoxy) is 1. The molecule has 0 bridgehead atoms. The summed E-state index contributed by atoms with van der Waals surface area (Å²) in [5.41, 5.74) is 0.0798. The van der Waals surface area contributed by atoms with Crippen molar-refractivity contribution < 1.29 is 24.5 Å². The topological polar surface area (TPSA) is 83.8 Å². The highest BCUT2D eigenvalue weighted by atomic mass is 16.5. The summed E-state index contributed by atoms with van der Waals surface area (Å²) in [6, 6.07) is 0. The second kappa shape index (κ2) is 16.4. The maximum absolute atomic E-state index is 12.3. The van der Waals surface area contributed by atoms with Crippen LogP contribution in [0.3, 0.4) is 0 Å². The molecule has 2 aliphatic carbocycles. The number of aliphatic hydroxyl groups is 2. The molecule has 2 aliphatic rings. The number of rotatable bonds is 11.